The van der Waals surface area contributed by atoms with Crippen molar-refractivity contribution in [2.24, 2.45) is 21.5 Å². The molecule has 1 saturated carbocycles. The second-order valence-electron chi connectivity index (χ2n) is 12.2. The summed E-state index contributed by atoms with van der Waals surface area (Å²) in [5.74, 6) is 0.450. The molecule has 0 saturated heterocycles. The summed E-state index contributed by atoms with van der Waals surface area (Å²) >= 11 is 1.56. The summed E-state index contributed by atoms with van der Waals surface area (Å²) in [7, 11) is 0. The Hall–Kier alpha value is -3.04. The lowest BCUT2D eigenvalue weighted by atomic mass is 9.90. The molecule has 1 aromatic heterocycles. The van der Waals surface area contributed by atoms with E-state index in [1.807, 2.05) is 13.0 Å². The maximum atomic E-state index is 13.6. The van der Waals surface area contributed by atoms with E-state index in [0.717, 1.165) is 37.9 Å². The van der Waals surface area contributed by atoms with Crippen LogP contribution in [0.4, 0.5) is 5.00 Å². The molecule has 0 aliphatic heterocycles. The van der Waals surface area contributed by atoms with Gasteiger partial charge >= 0.3 is 0 Å². The minimum absolute atomic E-state index is 0.0370. The van der Waals surface area contributed by atoms with Crippen molar-refractivity contribution in [3.05, 3.63) is 51.9 Å². The van der Waals surface area contributed by atoms with Gasteiger partial charge in [-0.05, 0) is 61.0 Å². The number of hydrazine groups is 1. The van der Waals surface area contributed by atoms with Crippen molar-refractivity contribution in [1.29, 1.82) is 0 Å². The van der Waals surface area contributed by atoms with Gasteiger partial charge < -0.3 is 10.6 Å². The van der Waals surface area contributed by atoms with Crippen molar-refractivity contribution in [2.75, 3.05) is 18.4 Å². The van der Waals surface area contributed by atoms with Crippen molar-refractivity contribution in [3.63, 3.8) is 0 Å². The topological polar surface area (TPSA) is 89.4 Å². The second kappa shape index (κ2) is 13.5. The van der Waals surface area contributed by atoms with Gasteiger partial charge in [-0.2, -0.15) is 5.10 Å². The van der Waals surface area contributed by atoms with Crippen molar-refractivity contribution < 1.29 is 9.59 Å². The summed E-state index contributed by atoms with van der Waals surface area (Å²) in [6.07, 6.45) is 7.73. The average Bonchev–Trinajstić information content (AvgIpc) is 3.67. The molecule has 40 heavy (non-hydrogen) atoms. The van der Waals surface area contributed by atoms with E-state index in [2.05, 4.69) is 82.6 Å². The third kappa shape index (κ3) is 8.24. The highest BCUT2D eigenvalue weighted by Crippen LogP contribution is 2.40. The molecule has 0 spiro atoms. The highest BCUT2D eigenvalue weighted by atomic mass is 32.1. The molecule has 2 aliphatic rings. The van der Waals surface area contributed by atoms with E-state index in [1.165, 1.54) is 23.3 Å². The molecular formula is C31H44N6O2S. The summed E-state index contributed by atoms with van der Waals surface area (Å²) in [5.41, 5.74) is 2.93. The first kappa shape index (κ1) is 29.9. The zero-order valence-corrected chi connectivity index (χ0v) is 25.2. The SMILES string of the molecule is C=N/N=C\N(C1CCc2sc(NC(=O)CCC)c(C(=O)NCC3CC3)c2C1)N(Cc1ccccc1)CC(C)(C)C. The fourth-order valence-electron chi connectivity index (χ4n) is 5.23. The quantitative estimate of drug-likeness (QED) is 0.180. The number of hydrogen-bond donors (Lipinski definition) is 2. The lowest BCUT2D eigenvalue weighted by molar-refractivity contribution is -0.116. The van der Waals surface area contributed by atoms with Crippen LogP contribution in [0.2, 0.25) is 0 Å². The van der Waals surface area contributed by atoms with Gasteiger partial charge in [0.15, 0.2) is 0 Å². The minimum Gasteiger partial charge on any atom is -0.352 e. The monoisotopic (exact) mass is 564 g/mol. The first-order chi connectivity index (χ1) is 19.2. The lowest BCUT2D eigenvalue weighted by Gasteiger charge is -2.43. The van der Waals surface area contributed by atoms with Crippen molar-refractivity contribution in [3.8, 4) is 0 Å². The van der Waals surface area contributed by atoms with Crippen LogP contribution in [0.5, 0.6) is 0 Å². The minimum atomic E-state index is -0.0827. The van der Waals surface area contributed by atoms with Crippen LogP contribution in [0.15, 0.2) is 40.5 Å². The summed E-state index contributed by atoms with van der Waals surface area (Å²) < 4.78 is 0. The normalized spacial score (nSPS) is 17.1. The zero-order chi connectivity index (χ0) is 28.7. The molecule has 1 heterocycles. The first-order valence-electron chi connectivity index (χ1n) is 14.5. The summed E-state index contributed by atoms with van der Waals surface area (Å²) in [5, 5.41) is 19.4. The molecule has 1 unspecified atom stereocenters. The fraction of sp³-hybridized carbons (Fsp3) is 0.548. The van der Waals surface area contributed by atoms with Crippen LogP contribution in [-0.2, 0) is 24.2 Å². The summed E-state index contributed by atoms with van der Waals surface area (Å²) in [6.45, 7) is 14.5. The molecule has 2 amide bonds. The Morgan fingerprint density at radius 1 is 1.18 bits per heavy atom. The number of fused-ring (bicyclic) bond motifs is 1. The van der Waals surface area contributed by atoms with Gasteiger partial charge in [0, 0.05) is 37.6 Å². The van der Waals surface area contributed by atoms with Crippen LogP contribution in [0.1, 0.15) is 86.2 Å². The van der Waals surface area contributed by atoms with Crippen LogP contribution < -0.4 is 10.6 Å². The summed E-state index contributed by atoms with van der Waals surface area (Å²) in [4.78, 5) is 27.3. The van der Waals surface area contributed by atoms with Gasteiger partial charge in [0.1, 0.15) is 11.3 Å². The molecule has 216 valence electrons. The van der Waals surface area contributed by atoms with E-state index in [4.69, 9.17) is 0 Å². The molecule has 2 aliphatic carbocycles. The largest absolute Gasteiger partial charge is 0.352 e. The Morgan fingerprint density at radius 3 is 2.58 bits per heavy atom. The number of amides is 2. The lowest BCUT2D eigenvalue weighted by Crippen LogP contribution is -2.52. The number of carbonyl (C=O) groups is 2. The molecule has 2 aromatic rings. The van der Waals surface area contributed by atoms with Crippen molar-refractivity contribution in [2.45, 2.75) is 85.2 Å². The first-order valence-corrected chi connectivity index (χ1v) is 15.3. The van der Waals surface area contributed by atoms with Crippen LogP contribution in [0.25, 0.3) is 0 Å². The number of nitrogens with zero attached hydrogens (tertiary/aromatic N) is 4. The highest BCUT2D eigenvalue weighted by molar-refractivity contribution is 7.17. The van der Waals surface area contributed by atoms with E-state index in [9.17, 15) is 9.59 Å². The Morgan fingerprint density at radius 2 is 1.93 bits per heavy atom. The van der Waals surface area contributed by atoms with Gasteiger partial charge in [0.2, 0.25) is 5.91 Å². The highest BCUT2D eigenvalue weighted by Gasteiger charge is 2.35. The predicted octanol–water partition coefficient (Wildman–Crippen LogP) is 5.89. The average molecular weight is 565 g/mol. The number of hydrogen-bond acceptors (Lipinski definition) is 6. The molecule has 1 aromatic carbocycles. The number of nitrogens with one attached hydrogen (secondary N) is 2. The Kier molecular flexibility index (Phi) is 10.1. The van der Waals surface area contributed by atoms with E-state index < -0.39 is 0 Å². The third-order valence-corrected chi connectivity index (χ3v) is 8.46. The van der Waals surface area contributed by atoms with Gasteiger partial charge in [-0.15, -0.1) is 16.4 Å². The summed E-state index contributed by atoms with van der Waals surface area (Å²) in [6, 6.07) is 10.5. The van der Waals surface area contributed by atoms with Crippen LogP contribution in [-0.4, -0.2) is 54.0 Å². The molecule has 8 nitrogen and oxygen atoms in total. The van der Waals surface area contributed by atoms with Crippen molar-refractivity contribution in [1.82, 2.24) is 15.3 Å². The molecule has 0 radical (unpaired) electrons. The number of anilines is 1. The number of aryl methyl sites for hydroxylation is 1. The van der Waals surface area contributed by atoms with E-state index in [1.54, 1.807) is 17.7 Å². The fourth-order valence-corrected chi connectivity index (χ4v) is 6.49. The van der Waals surface area contributed by atoms with Gasteiger partial charge in [-0.1, -0.05) is 58.0 Å². The van der Waals surface area contributed by atoms with Crippen LogP contribution >= 0.6 is 11.3 Å². The number of benzene rings is 1. The van der Waals surface area contributed by atoms with Gasteiger partial charge in [0.25, 0.3) is 5.91 Å². The number of carbonyl (C=O) groups excluding carboxylic acids is 2. The maximum absolute atomic E-state index is 13.6. The second-order valence-corrected chi connectivity index (χ2v) is 13.3. The predicted molar refractivity (Wildman–Crippen MR) is 165 cm³/mol. The molecular weight excluding hydrogens is 520 g/mol. The Labute approximate surface area is 242 Å². The van der Waals surface area contributed by atoms with E-state index >= 15 is 0 Å². The molecule has 9 heteroatoms. The molecule has 4 rings (SSSR count). The molecule has 2 N–H and O–H groups in total. The smallest absolute Gasteiger partial charge is 0.254 e. The third-order valence-electron chi connectivity index (χ3n) is 7.26. The number of rotatable bonds is 13. The standard InChI is InChI=1S/C31H44N6O2S/c1-6-10-27(38)35-30-28(29(39)33-18-22-13-14-22)25-17-24(15-16-26(25)40-30)37(21-34-32-5)36(20-31(2,3)4)19-23-11-8-7-9-12-23/h7-9,11-12,21-22,24H,5-6,10,13-20H2,1-4H3,(H,33,39)(H,35,38)/b34-21-. The number of thiophene rings is 1. The Balaban J connectivity index is 1.66. The molecule has 1 fully saturated rings. The van der Waals surface area contributed by atoms with Crippen molar-refractivity contribution >= 4 is 41.2 Å². The van der Waals surface area contributed by atoms with Gasteiger partial charge in [-0.3, -0.25) is 14.6 Å². The molecule has 0 bridgehead atoms. The van der Waals surface area contributed by atoms with E-state index in [-0.39, 0.29) is 23.3 Å². The van der Waals surface area contributed by atoms with Gasteiger partial charge in [-0.25, -0.2) is 5.01 Å². The molecule has 1 atom stereocenters. The zero-order valence-electron chi connectivity index (χ0n) is 24.4. The van der Waals surface area contributed by atoms with Crippen LogP contribution in [0.3, 0.4) is 0 Å². The van der Waals surface area contributed by atoms with E-state index in [0.29, 0.717) is 35.9 Å². The van der Waals surface area contributed by atoms with Gasteiger partial charge in [0.05, 0.1) is 11.6 Å². The Bertz CT molecular complexity index is 1200. The van der Waals surface area contributed by atoms with Crippen LogP contribution in [0, 0.1) is 11.3 Å². The maximum Gasteiger partial charge on any atom is 0.254 e.